The molecule has 8 nitrogen and oxygen atoms in total. The second kappa shape index (κ2) is 6.76. The van der Waals surface area contributed by atoms with E-state index in [-0.39, 0.29) is 4.90 Å². The number of hydrogen-bond acceptors (Lipinski definition) is 6. The summed E-state index contributed by atoms with van der Waals surface area (Å²) < 4.78 is 31.0. The predicted octanol–water partition coefficient (Wildman–Crippen LogP) is 1.76. The lowest BCUT2D eigenvalue weighted by Crippen LogP contribution is -2.09. The summed E-state index contributed by atoms with van der Waals surface area (Å²) in [5.74, 6) is 0.729. The second-order valence-electron chi connectivity index (χ2n) is 6.20. The van der Waals surface area contributed by atoms with Gasteiger partial charge in [-0.1, -0.05) is 12.1 Å². The maximum Gasteiger partial charge on any atom is 0.175 e. The molecular formula is C18H19N5O3S. The number of ether oxygens (including phenoxy) is 1. The lowest BCUT2D eigenvalue weighted by Gasteiger charge is -2.04. The molecule has 0 amide bonds. The zero-order valence-corrected chi connectivity index (χ0v) is 15.5. The Morgan fingerprint density at radius 3 is 2.67 bits per heavy atom. The maximum absolute atomic E-state index is 11.7. The van der Waals surface area contributed by atoms with Crippen molar-refractivity contribution in [3.8, 4) is 11.3 Å². The van der Waals surface area contributed by atoms with Crippen molar-refractivity contribution in [1.82, 2.24) is 19.4 Å². The van der Waals surface area contributed by atoms with Crippen molar-refractivity contribution < 1.29 is 13.2 Å². The van der Waals surface area contributed by atoms with Gasteiger partial charge in [-0.25, -0.2) is 18.4 Å². The standard InChI is InChI=1S/C18H19N5O3S/c1-27(24,25)13-4-2-12(3-5-13)17-15-10-21-18-14(6-8-20-18)23(15)16(22-17)11-26-9-7-19/h2-6,8,10,20H,7,9,11,19H2,1H3. The number of imidazole rings is 1. The molecule has 4 aromatic rings. The van der Waals surface area contributed by atoms with Crippen molar-refractivity contribution in [2.24, 2.45) is 5.73 Å². The van der Waals surface area contributed by atoms with Gasteiger partial charge in [0.15, 0.2) is 15.5 Å². The van der Waals surface area contributed by atoms with Gasteiger partial charge in [0.25, 0.3) is 0 Å². The van der Waals surface area contributed by atoms with Crippen LogP contribution in [0.15, 0.2) is 47.6 Å². The largest absolute Gasteiger partial charge is 0.372 e. The van der Waals surface area contributed by atoms with Crippen LogP contribution in [0.1, 0.15) is 5.82 Å². The molecule has 140 valence electrons. The number of nitrogens with two attached hydrogens (primary N) is 1. The number of sulfone groups is 1. The minimum Gasteiger partial charge on any atom is -0.372 e. The Morgan fingerprint density at radius 1 is 1.19 bits per heavy atom. The molecule has 0 aliphatic rings. The Hall–Kier alpha value is -2.75. The van der Waals surface area contributed by atoms with Gasteiger partial charge in [0.05, 0.1) is 34.4 Å². The number of nitrogens with one attached hydrogen (secondary N) is 1. The van der Waals surface area contributed by atoms with Crippen LogP contribution in [0.3, 0.4) is 0 Å². The fourth-order valence-corrected chi connectivity index (χ4v) is 3.68. The van der Waals surface area contributed by atoms with Gasteiger partial charge in [-0.3, -0.25) is 4.40 Å². The molecule has 27 heavy (non-hydrogen) atoms. The molecule has 3 heterocycles. The van der Waals surface area contributed by atoms with E-state index < -0.39 is 9.84 Å². The Balaban J connectivity index is 1.87. The Morgan fingerprint density at radius 2 is 1.96 bits per heavy atom. The van der Waals surface area contributed by atoms with Gasteiger partial charge in [-0.2, -0.15) is 0 Å². The van der Waals surface area contributed by atoms with E-state index in [1.54, 1.807) is 30.5 Å². The van der Waals surface area contributed by atoms with Crippen molar-refractivity contribution in [2.45, 2.75) is 11.5 Å². The quantitative estimate of drug-likeness (QED) is 0.489. The lowest BCUT2D eigenvalue weighted by atomic mass is 10.1. The predicted molar refractivity (Wildman–Crippen MR) is 102 cm³/mol. The van der Waals surface area contributed by atoms with Crippen LogP contribution in [0.4, 0.5) is 0 Å². The van der Waals surface area contributed by atoms with Crippen molar-refractivity contribution in [2.75, 3.05) is 19.4 Å². The van der Waals surface area contributed by atoms with Gasteiger partial charge in [-0.05, 0) is 18.2 Å². The number of nitrogens with zero attached hydrogens (tertiary/aromatic N) is 3. The Labute approximate surface area is 155 Å². The smallest absolute Gasteiger partial charge is 0.175 e. The number of H-pyrrole nitrogens is 1. The summed E-state index contributed by atoms with van der Waals surface area (Å²) in [4.78, 5) is 12.6. The minimum absolute atomic E-state index is 0.271. The van der Waals surface area contributed by atoms with Crippen molar-refractivity contribution in [3.63, 3.8) is 0 Å². The fraction of sp³-hybridized carbons (Fsp3) is 0.222. The van der Waals surface area contributed by atoms with E-state index in [0.717, 1.165) is 33.8 Å². The molecule has 0 unspecified atom stereocenters. The molecule has 3 N–H and O–H groups in total. The van der Waals surface area contributed by atoms with Gasteiger partial charge in [0.2, 0.25) is 0 Å². The SMILES string of the molecule is CS(=O)(=O)c1ccc(-c2nc(COCCN)n3c2cnc2[nH]ccc23)cc1. The summed E-state index contributed by atoms with van der Waals surface area (Å²) >= 11 is 0. The summed E-state index contributed by atoms with van der Waals surface area (Å²) in [6.07, 6.45) is 4.76. The summed E-state index contributed by atoms with van der Waals surface area (Å²) in [6, 6.07) is 8.61. The summed E-state index contributed by atoms with van der Waals surface area (Å²) in [5, 5.41) is 0. The van der Waals surface area contributed by atoms with Crippen LogP contribution in [-0.2, 0) is 21.2 Å². The van der Waals surface area contributed by atoms with Gasteiger partial charge >= 0.3 is 0 Å². The van der Waals surface area contributed by atoms with Crippen LogP contribution in [0, 0.1) is 0 Å². The number of hydrogen-bond donors (Lipinski definition) is 2. The molecule has 0 atom stereocenters. The van der Waals surface area contributed by atoms with Crippen LogP contribution >= 0.6 is 0 Å². The Kier molecular flexibility index (Phi) is 4.42. The molecule has 0 spiro atoms. The highest BCUT2D eigenvalue weighted by Crippen LogP contribution is 2.28. The Bertz CT molecular complexity index is 1210. The van der Waals surface area contributed by atoms with Crippen molar-refractivity contribution in [3.05, 3.63) is 48.5 Å². The van der Waals surface area contributed by atoms with E-state index in [9.17, 15) is 8.42 Å². The minimum atomic E-state index is -3.25. The van der Waals surface area contributed by atoms with E-state index in [4.69, 9.17) is 15.5 Å². The number of aromatic amines is 1. The van der Waals surface area contributed by atoms with E-state index in [0.29, 0.717) is 19.8 Å². The summed E-state index contributed by atoms with van der Waals surface area (Å²) in [7, 11) is -3.25. The number of fused-ring (bicyclic) bond motifs is 3. The molecule has 1 aromatic carbocycles. The molecule has 0 radical (unpaired) electrons. The highest BCUT2D eigenvalue weighted by atomic mass is 32.2. The first-order valence-corrected chi connectivity index (χ1v) is 10.3. The highest BCUT2D eigenvalue weighted by Gasteiger charge is 2.17. The molecule has 3 aromatic heterocycles. The number of aromatic nitrogens is 4. The number of benzene rings is 1. The molecule has 0 bridgehead atoms. The second-order valence-corrected chi connectivity index (χ2v) is 8.22. The van der Waals surface area contributed by atoms with E-state index in [1.165, 1.54) is 6.26 Å². The highest BCUT2D eigenvalue weighted by molar-refractivity contribution is 7.90. The van der Waals surface area contributed by atoms with Crippen LogP contribution in [0.25, 0.3) is 27.9 Å². The zero-order valence-electron chi connectivity index (χ0n) is 14.7. The van der Waals surface area contributed by atoms with Gasteiger partial charge in [0.1, 0.15) is 12.4 Å². The van der Waals surface area contributed by atoms with Gasteiger partial charge in [-0.15, -0.1) is 0 Å². The molecule has 4 rings (SSSR count). The van der Waals surface area contributed by atoms with Crippen LogP contribution in [0.2, 0.25) is 0 Å². The van der Waals surface area contributed by atoms with Gasteiger partial charge in [0, 0.05) is 24.6 Å². The topological polar surface area (TPSA) is 115 Å². The average Bonchev–Trinajstić information content (AvgIpc) is 3.25. The molecule has 9 heteroatoms. The first kappa shape index (κ1) is 17.7. The molecule has 0 saturated carbocycles. The molecule has 0 saturated heterocycles. The maximum atomic E-state index is 11.7. The van der Waals surface area contributed by atoms with E-state index >= 15 is 0 Å². The van der Waals surface area contributed by atoms with Crippen molar-refractivity contribution in [1.29, 1.82) is 0 Å². The van der Waals surface area contributed by atoms with Crippen LogP contribution in [-0.4, -0.2) is 47.2 Å². The third-order valence-electron chi connectivity index (χ3n) is 4.29. The monoisotopic (exact) mass is 385 g/mol. The molecule has 0 aliphatic heterocycles. The summed E-state index contributed by atoms with van der Waals surface area (Å²) in [6.45, 7) is 1.18. The van der Waals surface area contributed by atoms with Crippen LogP contribution in [0.5, 0.6) is 0 Å². The number of rotatable bonds is 6. The van der Waals surface area contributed by atoms with E-state index in [2.05, 4.69) is 9.97 Å². The third kappa shape index (κ3) is 3.20. The molecule has 0 aliphatic carbocycles. The average molecular weight is 385 g/mol. The van der Waals surface area contributed by atoms with Crippen molar-refractivity contribution >= 4 is 26.5 Å². The molecule has 0 fully saturated rings. The van der Waals surface area contributed by atoms with Crippen LogP contribution < -0.4 is 5.73 Å². The molecular weight excluding hydrogens is 366 g/mol. The lowest BCUT2D eigenvalue weighted by molar-refractivity contribution is 0.122. The first-order valence-electron chi connectivity index (χ1n) is 8.41. The first-order chi connectivity index (χ1) is 13.0. The fourth-order valence-electron chi connectivity index (χ4n) is 3.05. The third-order valence-corrected chi connectivity index (χ3v) is 5.42. The normalized spacial score (nSPS) is 12.2. The zero-order chi connectivity index (χ0) is 19.0. The summed E-state index contributed by atoms with van der Waals surface area (Å²) in [5.41, 5.74) is 9.50. The van der Waals surface area contributed by atoms with Gasteiger partial charge < -0.3 is 15.5 Å². The van der Waals surface area contributed by atoms with E-state index in [1.807, 2.05) is 16.7 Å².